The number of nitrogens with zero attached hydrogens (tertiary/aromatic N) is 2. The molecule has 0 aliphatic heterocycles. The van der Waals surface area contributed by atoms with E-state index < -0.39 is 0 Å². The van der Waals surface area contributed by atoms with Gasteiger partial charge in [0.1, 0.15) is 11.8 Å². The average Bonchev–Trinajstić information content (AvgIpc) is 2.35. The number of aryl methyl sites for hydroxylation is 1. The highest BCUT2D eigenvalue weighted by molar-refractivity contribution is 9.10. The largest absolute Gasteiger partial charge is 0.353 e. The maximum Gasteiger partial charge on any atom is 0.140 e. The third kappa shape index (κ3) is 2.83. The van der Waals surface area contributed by atoms with E-state index in [0.29, 0.717) is 5.69 Å². The summed E-state index contributed by atoms with van der Waals surface area (Å²) >= 11 is 3.48. The molecule has 0 saturated heterocycles. The molecule has 1 heterocycles. The Hall–Kier alpha value is -1.86. The van der Waals surface area contributed by atoms with Crippen molar-refractivity contribution in [1.29, 1.82) is 5.26 Å². The molecular weight excluding hydrogens is 278 g/mol. The number of halogens is 1. The third-order valence-corrected chi connectivity index (χ3v) is 2.97. The van der Waals surface area contributed by atoms with Crippen LogP contribution < -0.4 is 5.32 Å². The number of rotatable bonds is 2. The summed E-state index contributed by atoms with van der Waals surface area (Å²) in [6, 6.07) is 11.6. The first-order valence-electron chi connectivity index (χ1n) is 5.08. The van der Waals surface area contributed by atoms with Gasteiger partial charge in [-0.15, -0.1) is 0 Å². The summed E-state index contributed by atoms with van der Waals surface area (Å²) in [6.45, 7) is 2.04. The zero-order chi connectivity index (χ0) is 12.3. The van der Waals surface area contributed by atoms with Crippen molar-refractivity contribution in [2.75, 3.05) is 5.32 Å². The van der Waals surface area contributed by atoms with E-state index in [1.165, 1.54) is 5.56 Å². The molecular formula is C13H10BrN3. The first kappa shape index (κ1) is 11.6. The normalized spacial score (nSPS) is 9.71. The maximum atomic E-state index is 8.66. The van der Waals surface area contributed by atoms with Crippen LogP contribution in [0.1, 0.15) is 11.3 Å². The van der Waals surface area contributed by atoms with Gasteiger partial charge in [0.25, 0.3) is 0 Å². The lowest BCUT2D eigenvalue weighted by atomic mass is 10.2. The molecule has 0 saturated carbocycles. The topological polar surface area (TPSA) is 48.7 Å². The van der Waals surface area contributed by atoms with Crippen molar-refractivity contribution in [1.82, 2.24) is 4.98 Å². The Labute approximate surface area is 108 Å². The van der Waals surface area contributed by atoms with Gasteiger partial charge in [-0.2, -0.15) is 5.26 Å². The van der Waals surface area contributed by atoms with Crippen molar-refractivity contribution in [3.63, 3.8) is 0 Å². The molecule has 0 bridgehead atoms. The summed E-state index contributed by atoms with van der Waals surface area (Å²) in [6.07, 6.45) is 1.65. The first-order chi connectivity index (χ1) is 8.19. The standard InChI is InChI=1S/C13H10BrN3/c1-9-2-5-12(14)13(6-9)17-11-4-3-10(7-15)16-8-11/h2-6,8,17H,1H3. The van der Waals surface area contributed by atoms with Crippen LogP contribution in [-0.2, 0) is 0 Å². The van der Waals surface area contributed by atoms with E-state index >= 15 is 0 Å². The Balaban J connectivity index is 2.25. The summed E-state index contributed by atoms with van der Waals surface area (Å²) in [5, 5.41) is 11.9. The van der Waals surface area contributed by atoms with Crippen LogP contribution in [-0.4, -0.2) is 4.98 Å². The number of benzene rings is 1. The lowest BCUT2D eigenvalue weighted by Gasteiger charge is -2.09. The summed E-state index contributed by atoms with van der Waals surface area (Å²) in [5.41, 5.74) is 3.43. The number of aromatic nitrogens is 1. The molecule has 3 nitrogen and oxygen atoms in total. The number of nitrogens with one attached hydrogen (secondary N) is 1. The van der Waals surface area contributed by atoms with Crippen LogP contribution in [0.4, 0.5) is 11.4 Å². The third-order valence-electron chi connectivity index (χ3n) is 2.28. The lowest BCUT2D eigenvalue weighted by molar-refractivity contribution is 1.26. The Bertz CT molecular complexity index is 570. The molecule has 0 atom stereocenters. The van der Waals surface area contributed by atoms with Gasteiger partial charge < -0.3 is 5.32 Å². The van der Waals surface area contributed by atoms with E-state index in [0.717, 1.165) is 15.8 Å². The Kier molecular flexibility index (Phi) is 3.40. The second kappa shape index (κ2) is 4.98. The minimum Gasteiger partial charge on any atom is -0.353 e. The number of hydrogen-bond acceptors (Lipinski definition) is 3. The molecule has 0 amide bonds. The van der Waals surface area contributed by atoms with Crippen molar-refractivity contribution in [2.24, 2.45) is 0 Å². The fraction of sp³-hybridized carbons (Fsp3) is 0.0769. The average molecular weight is 288 g/mol. The molecule has 2 aromatic rings. The van der Waals surface area contributed by atoms with Crippen molar-refractivity contribution in [3.05, 3.63) is 52.3 Å². The molecule has 2 rings (SSSR count). The Morgan fingerprint density at radius 3 is 2.76 bits per heavy atom. The van der Waals surface area contributed by atoms with Gasteiger partial charge in [-0.1, -0.05) is 6.07 Å². The van der Waals surface area contributed by atoms with E-state index in [1.807, 2.05) is 37.3 Å². The predicted molar refractivity (Wildman–Crippen MR) is 71.1 cm³/mol. The molecule has 84 valence electrons. The highest BCUT2D eigenvalue weighted by Gasteiger charge is 2.01. The quantitative estimate of drug-likeness (QED) is 0.915. The molecule has 0 aliphatic rings. The van der Waals surface area contributed by atoms with Crippen molar-refractivity contribution in [2.45, 2.75) is 6.92 Å². The smallest absolute Gasteiger partial charge is 0.140 e. The van der Waals surface area contributed by atoms with Crippen LogP contribution in [0.2, 0.25) is 0 Å². The highest BCUT2D eigenvalue weighted by Crippen LogP contribution is 2.26. The van der Waals surface area contributed by atoms with Gasteiger partial charge in [0.05, 0.1) is 17.6 Å². The molecule has 1 aromatic heterocycles. The van der Waals surface area contributed by atoms with Gasteiger partial charge in [-0.25, -0.2) is 4.98 Å². The van der Waals surface area contributed by atoms with E-state index in [-0.39, 0.29) is 0 Å². The summed E-state index contributed by atoms with van der Waals surface area (Å²) in [4.78, 5) is 4.01. The van der Waals surface area contributed by atoms with E-state index in [2.05, 4.69) is 26.2 Å². The highest BCUT2D eigenvalue weighted by atomic mass is 79.9. The van der Waals surface area contributed by atoms with Gasteiger partial charge >= 0.3 is 0 Å². The second-order valence-corrected chi connectivity index (χ2v) is 4.51. The monoisotopic (exact) mass is 287 g/mol. The summed E-state index contributed by atoms with van der Waals surface area (Å²) in [7, 11) is 0. The van der Waals surface area contributed by atoms with Crippen LogP contribution in [0.15, 0.2) is 41.0 Å². The van der Waals surface area contributed by atoms with Crippen LogP contribution in [0.5, 0.6) is 0 Å². The van der Waals surface area contributed by atoms with Gasteiger partial charge in [-0.3, -0.25) is 0 Å². The zero-order valence-electron chi connectivity index (χ0n) is 9.24. The number of anilines is 2. The number of nitriles is 1. The summed E-state index contributed by atoms with van der Waals surface area (Å²) < 4.78 is 0.993. The van der Waals surface area contributed by atoms with E-state index in [4.69, 9.17) is 5.26 Å². The molecule has 0 fully saturated rings. The zero-order valence-corrected chi connectivity index (χ0v) is 10.8. The maximum absolute atomic E-state index is 8.66. The van der Waals surface area contributed by atoms with Gasteiger partial charge in [0.15, 0.2) is 0 Å². The van der Waals surface area contributed by atoms with E-state index in [9.17, 15) is 0 Å². The molecule has 1 aromatic carbocycles. The fourth-order valence-corrected chi connectivity index (χ4v) is 1.77. The molecule has 4 heteroatoms. The van der Waals surface area contributed by atoms with Crippen LogP contribution >= 0.6 is 15.9 Å². The second-order valence-electron chi connectivity index (χ2n) is 3.65. The molecule has 1 N–H and O–H groups in total. The fourth-order valence-electron chi connectivity index (χ4n) is 1.42. The van der Waals surface area contributed by atoms with Gasteiger partial charge in [0.2, 0.25) is 0 Å². The van der Waals surface area contributed by atoms with Gasteiger partial charge in [-0.05, 0) is 52.7 Å². The Morgan fingerprint density at radius 1 is 1.29 bits per heavy atom. The molecule has 0 unspecified atom stereocenters. The van der Waals surface area contributed by atoms with Crippen LogP contribution in [0, 0.1) is 18.3 Å². The lowest BCUT2D eigenvalue weighted by Crippen LogP contribution is -1.93. The SMILES string of the molecule is Cc1ccc(Br)c(Nc2ccc(C#N)nc2)c1. The van der Waals surface area contributed by atoms with Crippen LogP contribution in [0.25, 0.3) is 0 Å². The summed E-state index contributed by atoms with van der Waals surface area (Å²) in [5.74, 6) is 0. The predicted octanol–water partition coefficient (Wildman–Crippen LogP) is 3.77. The number of pyridine rings is 1. The molecule has 0 aliphatic carbocycles. The minimum atomic E-state index is 0.416. The number of hydrogen-bond donors (Lipinski definition) is 1. The minimum absolute atomic E-state index is 0.416. The molecule has 0 radical (unpaired) electrons. The van der Waals surface area contributed by atoms with Gasteiger partial charge in [0, 0.05) is 4.47 Å². The Morgan fingerprint density at radius 2 is 2.12 bits per heavy atom. The van der Waals surface area contributed by atoms with Crippen LogP contribution in [0.3, 0.4) is 0 Å². The van der Waals surface area contributed by atoms with Crippen molar-refractivity contribution < 1.29 is 0 Å². The van der Waals surface area contributed by atoms with Crippen molar-refractivity contribution >= 4 is 27.3 Å². The first-order valence-corrected chi connectivity index (χ1v) is 5.87. The van der Waals surface area contributed by atoms with Crippen molar-refractivity contribution in [3.8, 4) is 6.07 Å². The molecule has 0 spiro atoms. The van der Waals surface area contributed by atoms with E-state index in [1.54, 1.807) is 12.3 Å². The molecule has 17 heavy (non-hydrogen) atoms.